The quantitative estimate of drug-likeness (QED) is 0.598. The van der Waals surface area contributed by atoms with Crippen molar-refractivity contribution in [3.8, 4) is 5.75 Å². The number of aromatic hydroxyl groups is 1. The fourth-order valence-electron chi connectivity index (χ4n) is 5.82. The summed E-state index contributed by atoms with van der Waals surface area (Å²) in [7, 11) is 0. The smallest absolute Gasteiger partial charge is 0.115 e. The van der Waals surface area contributed by atoms with Crippen molar-refractivity contribution in [1.82, 2.24) is 9.88 Å². The second kappa shape index (κ2) is 6.48. The summed E-state index contributed by atoms with van der Waals surface area (Å²) >= 11 is 0. The number of likely N-dealkylation sites (tertiary alicyclic amines) is 1. The minimum Gasteiger partial charge on any atom is -0.508 e. The van der Waals surface area contributed by atoms with Crippen LogP contribution < -0.4 is 0 Å². The van der Waals surface area contributed by atoms with Gasteiger partial charge in [0.25, 0.3) is 0 Å². The Morgan fingerprint density at radius 1 is 1.21 bits per heavy atom. The van der Waals surface area contributed by atoms with Crippen molar-refractivity contribution in [3.63, 3.8) is 0 Å². The number of nitrogens with one attached hydrogen (secondary N) is 1. The number of aryl methyl sites for hydroxylation is 1. The number of phenolic OH excluding ortho intramolecular Hbond substituents is 1. The molecule has 2 heterocycles. The summed E-state index contributed by atoms with van der Waals surface area (Å²) < 4.78 is 0. The Balaban J connectivity index is 1.71. The van der Waals surface area contributed by atoms with E-state index in [-0.39, 0.29) is 5.75 Å². The number of β-amino-alcohol motifs (C(OH)–C–C–N with tert-alkyl or cyclic N) is 1. The van der Waals surface area contributed by atoms with Gasteiger partial charge in [-0.25, -0.2) is 0 Å². The first-order valence-electron chi connectivity index (χ1n) is 10.4. The predicted molar refractivity (Wildman–Crippen MR) is 116 cm³/mol. The van der Waals surface area contributed by atoms with Crippen LogP contribution in [0.1, 0.15) is 28.8 Å². The lowest BCUT2D eigenvalue weighted by molar-refractivity contribution is -0.100. The van der Waals surface area contributed by atoms with Gasteiger partial charge in [0.2, 0.25) is 0 Å². The normalized spacial score (nSPS) is 26.8. The molecule has 2 atom stereocenters. The molecular weight excluding hydrogens is 360 g/mol. The summed E-state index contributed by atoms with van der Waals surface area (Å²) in [5.74, 6) is 0.256. The number of fused-ring (bicyclic) bond motifs is 4. The standard InChI is InChI=1S/C25H28N2O2/c1-3-11-27-12-10-24(18-7-5-8-19(28)13-18)15-22-20(14-25(24,29)16-27)23-17(2)6-4-9-21(23)26-22/h3-9,13,26,28-29H,1,10-12,14-16H2,2H3. The molecule has 150 valence electrons. The van der Waals surface area contributed by atoms with E-state index in [1.54, 1.807) is 6.07 Å². The van der Waals surface area contributed by atoms with Crippen LogP contribution in [-0.4, -0.2) is 45.3 Å². The summed E-state index contributed by atoms with van der Waals surface area (Å²) in [4.78, 5) is 5.94. The van der Waals surface area contributed by atoms with Gasteiger partial charge in [0.1, 0.15) is 5.75 Å². The number of piperidine rings is 1. The topological polar surface area (TPSA) is 59.5 Å². The molecule has 0 spiro atoms. The van der Waals surface area contributed by atoms with Crippen molar-refractivity contribution in [1.29, 1.82) is 0 Å². The molecule has 4 nitrogen and oxygen atoms in total. The molecule has 3 aromatic rings. The van der Waals surface area contributed by atoms with Gasteiger partial charge in [0.15, 0.2) is 0 Å². The summed E-state index contributed by atoms with van der Waals surface area (Å²) in [5.41, 5.74) is 4.55. The van der Waals surface area contributed by atoms with Gasteiger partial charge >= 0.3 is 0 Å². The van der Waals surface area contributed by atoms with Crippen molar-refractivity contribution in [3.05, 3.63) is 77.5 Å². The first-order chi connectivity index (χ1) is 14.0. The summed E-state index contributed by atoms with van der Waals surface area (Å²) in [6, 6.07) is 13.8. The number of benzene rings is 2. The van der Waals surface area contributed by atoms with Crippen molar-refractivity contribution in [2.45, 2.75) is 37.2 Å². The van der Waals surface area contributed by atoms with E-state index >= 15 is 0 Å². The van der Waals surface area contributed by atoms with Gasteiger partial charge in [-0.1, -0.05) is 30.3 Å². The number of phenols is 1. The lowest BCUT2D eigenvalue weighted by Crippen LogP contribution is -2.66. The van der Waals surface area contributed by atoms with Crippen LogP contribution in [0.15, 0.2) is 55.1 Å². The highest BCUT2D eigenvalue weighted by atomic mass is 16.3. The summed E-state index contributed by atoms with van der Waals surface area (Å²) in [5, 5.41) is 23.7. The van der Waals surface area contributed by atoms with Crippen LogP contribution in [0.5, 0.6) is 5.75 Å². The molecule has 0 radical (unpaired) electrons. The Morgan fingerprint density at radius 3 is 2.83 bits per heavy atom. The summed E-state index contributed by atoms with van der Waals surface area (Å²) in [6.07, 6.45) is 4.11. The van der Waals surface area contributed by atoms with Crippen molar-refractivity contribution in [2.24, 2.45) is 0 Å². The van der Waals surface area contributed by atoms with Gasteiger partial charge in [0, 0.05) is 47.9 Å². The molecule has 3 N–H and O–H groups in total. The van der Waals surface area contributed by atoms with Crippen LogP contribution in [0, 0.1) is 6.92 Å². The third-order valence-electron chi connectivity index (χ3n) is 7.19. The monoisotopic (exact) mass is 388 g/mol. The number of hydrogen-bond acceptors (Lipinski definition) is 3. The molecule has 2 aliphatic rings. The highest BCUT2D eigenvalue weighted by molar-refractivity contribution is 5.88. The zero-order valence-corrected chi connectivity index (χ0v) is 16.9. The van der Waals surface area contributed by atoms with Crippen LogP contribution in [0.2, 0.25) is 0 Å². The minimum absolute atomic E-state index is 0.256. The SMILES string of the molecule is C=CCN1CCC2(c3cccc(O)c3)Cc3[nH]c4cccc(C)c4c3CC2(O)C1. The maximum Gasteiger partial charge on any atom is 0.115 e. The first-order valence-corrected chi connectivity index (χ1v) is 10.4. The number of hydrogen-bond donors (Lipinski definition) is 3. The third-order valence-corrected chi connectivity index (χ3v) is 7.19. The summed E-state index contributed by atoms with van der Waals surface area (Å²) in [6.45, 7) is 8.31. The second-order valence-corrected chi connectivity index (χ2v) is 8.87. The Kier molecular flexibility index (Phi) is 4.12. The number of nitrogens with zero attached hydrogens (tertiary/aromatic N) is 1. The van der Waals surface area contributed by atoms with Crippen LogP contribution in [0.25, 0.3) is 10.9 Å². The minimum atomic E-state index is -0.910. The van der Waals surface area contributed by atoms with E-state index in [0.29, 0.717) is 13.0 Å². The van der Waals surface area contributed by atoms with E-state index in [4.69, 9.17) is 0 Å². The third kappa shape index (κ3) is 2.66. The fraction of sp³-hybridized carbons (Fsp3) is 0.360. The lowest BCUT2D eigenvalue weighted by Gasteiger charge is -2.56. The van der Waals surface area contributed by atoms with E-state index < -0.39 is 11.0 Å². The average molecular weight is 389 g/mol. The highest BCUT2D eigenvalue weighted by Crippen LogP contribution is 2.52. The van der Waals surface area contributed by atoms with Crippen LogP contribution in [0.4, 0.5) is 0 Å². The van der Waals surface area contributed by atoms with Crippen molar-refractivity contribution in [2.75, 3.05) is 19.6 Å². The highest BCUT2D eigenvalue weighted by Gasteiger charge is 2.57. The molecular formula is C25H28N2O2. The molecule has 1 aliphatic heterocycles. The van der Waals surface area contributed by atoms with Crippen LogP contribution in [0.3, 0.4) is 0 Å². The zero-order valence-electron chi connectivity index (χ0n) is 16.9. The molecule has 5 rings (SSSR count). The van der Waals surface area contributed by atoms with Crippen molar-refractivity contribution >= 4 is 10.9 Å². The van der Waals surface area contributed by atoms with Gasteiger partial charge in [-0.3, -0.25) is 4.90 Å². The maximum atomic E-state index is 12.2. The number of rotatable bonds is 3. The second-order valence-electron chi connectivity index (χ2n) is 8.87. The molecule has 4 heteroatoms. The van der Waals surface area contributed by atoms with Gasteiger partial charge in [-0.2, -0.15) is 0 Å². The molecule has 0 amide bonds. The average Bonchev–Trinajstić information content (AvgIpc) is 3.03. The van der Waals surface area contributed by atoms with E-state index in [2.05, 4.69) is 47.7 Å². The van der Waals surface area contributed by atoms with Crippen LogP contribution in [-0.2, 0) is 18.3 Å². The van der Waals surface area contributed by atoms with E-state index in [1.807, 2.05) is 18.2 Å². The van der Waals surface area contributed by atoms with Crippen molar-refractivity contribution < 1.29 is 10.2 Å². The van der Waals surface area contributed by atoms with Gasteiger partial charge in [-0.05, 0) is 54.8 Å². The fourth-order valence-corrected chi connectivity index (χ4v) is 5.82. The number of H-pyrrole nitrogens is 1. The van der Waals surface area contributed by atoms with Gasteiger partial charge in [0.05, 0.1) is 5.60 Å². The van der Waals surface area contributed by atoms with E-state index in [9.17, 15) is 10.2 Å². The maximum absolute atomic E-state index is 12.2. The van der Waals surface area contributed by atoms with Crippen LogP contribution >= 0.6 is 0 Å². The van der Waals surface area contributed by atoms with E-state index in [0.717, 1.165) is 37.0 Å². The number of aromatic amines is 1. The number of aliphatic hydroxyl groups is 1. The molecule has 1 aliphatic carbocycles. The largest absolute Gasteiger partial charge is 0.508 e. The molecule has 2 unspecified atom stereocenters. The molecule has 29 heavy (non-hydrogen) atoms. The molecule has 1 fully saturated rings. The lowest BCUT2D eigenvalue weighted by atomic mass is 9.56. The molecule has 1 saturated heterocycles. The molecule has 1 aromatic heterocycles. The zero-order chi connectivity index (χ0) is 20.2. The molecule has 0 saturated carbocycles. The predicted octanol–water partition coefficient (Wildman–Crippen LogP) is 3.84. The molecule has 0 bridgehead atoms. The number of aromatic nitrogens is 1. The van der Waals surface area contributed by atoms with E-state index in [1.165, 1.54) is 22.2 Å². The Morgan fingerprint density at radius 2 is 2.03 bits per heavy atom. The first kappa shape index (κ1) is 18.5. The van der Waals surface area contributed by atoms with Gasteiger partial charge in [-0.15, -0.1) is 6.58 Å². The Hall–Kier alpha value is -2.56. The molecule has 2 aromatic carbocycles. The Labute approximate surface area is 171 Å². The Bertz CT molecular complexity index is 1100. The van der Waals surface area contributed by atoms with Gasteiger partial charge < -0.3 is 15.2 Å².